The lowest BCUT2D eigenvalue weighted by atomic mass is 9.81. The molecule has 4 heteroatoms. The van der Waals surface area contributed by atoms with Crippen LogP contribution in [0.5, 0.6) is 0 Å². The van der Waals surface area contributed by atoms with Crippen molar-refractivity contribution < 1.29 is 13.2 Å². The summed E-state index contributed by atoms with van der Waals surface area (Å²) >= 11 is 0. The minimum atomic E-state index is -3.23. The summed E-state index contributed by atoms with van der Waals surface area (Å²) in [5.41, 5.74) is 3.26. The van der Waals surface area contributed by atoms with E-state index in [4.69, 9.17) is 0 Å². The SMILES string of the molecule is CC1(C)CC(=O)C(c2ccccc2)=C1c1ccc(S(C)(=O)=O)cc1. The third-order valence-corrected chi connectivity index (χ3v) is 5.57. The van der Waals surface area contributed by atoms with Crippen LogP contribution in [0.2, 0.25) is 0 Å². The molecule has 0 atom stereocenters. The molecular formula is C20H20O3S. The molecule has 24 heavy (non-hydrogen) atoms. The van der Waals surface area contributed by atoms with Gasteiger partial charge >= 0.3 is 0 Å². The molecule has 0 spiro atoms. The van der Waals surface area contributed by atoms with Gasteiger partial charge in [-0.05, 0) is 34.2 Å². The number of carbonyl (C=O) groups is 1. The standard InChI is InChI=1S/C20H20O3S/c1-20(2)13-17(21)18(14-7-5-4-6-8-14)19(20)15-9-11-16(12-10-15)24(3,22)23/h4-12H,13H2,1-3H3. The first-order valence-electron chi connectivity index (χ1n) is 7.84. The molecule has 3 rings (SSSR count). The second-order valence-corrected chi connectivity index (χ2v) is 8.91. The molecule has 0 aromatic heterocycles. The van der Waals surface area contributed by atoms with Crippen LogP contribution in [0.15, 0.2) is 59.5 Å². The van der Waals surface area contributed by atoms with Gasteiger partial charge in [-0.3, -0.25) is 4.79 Å². The number of hydrogen-bond acceptors (Lipinski definition) is 3. The number of Topliss-reactive ketones (excluding diaryl/α,β-unsaturated/α-hetero) is 1. The third kappa shape index (κ3) is 2.94. The molecule has 124 valence electrons. The summed E-state index contributed by atoms with van der Waals surface area (Å²) in [7, 11) is -3.23. The molecule has 2 aromatic rings. The van der Waals surface area contributed by atoms with E-state index in [0.29, 0.717) is 6.42 Å². The molecular weight excluding hydrogens is 320 g/mol. The van der Waals surface area contributed by atoms with Crippen LogP contribution in [-0.2, 0) is 14.6 Å². The van der Waals surface area contributed by atoms with E-state index in [-0.39, 0.29) is 16.1 Å². The highest BCUT2D eigenvalue weighted by atomic mass is 32.2. The van der Waals surface area contributed by atoms with Crippen LogP contribution in [0.25, 0.3) is 11.1 Å². The number of rotatable bonds is 3. The molecule has 1 aliphatic rings. The molecule has 0 radical (unpaired) electrons. The smallest absolute Gasteiger partial charge is 0.175 e. The zero-order valence-corrected chi connectivity index (χ0v) is 14.9. The first kappa shape index (κ1) is 16.7. The van der Waals surface area contributed by atoms with Crippen LogP contribution in [0.3, 0.4) is 0 Å². The quantitative estimate of drug-likeness (QED) is 0.848. The van der Waals surface area contributed by atoms with Crippen LogP contribution in [-0.4, -0.2) is 20.5 Å². The Hall–Kier alpha value is -2.20. The average molecular weight is 340 g/mol. The summed E-state index contributed by atoms with van der Waals surface area (Å²) in [5, 5.41) is 0. The zero-order valence-electron chi connectivity index (χ0n) is 14.0. The largest absolute Gasteiger partial charge is 0.294 e. The van der Waals surface area contributed by atoms with E-state index < -0.39 is 9.84 Å². The predicted octanol–water partition coefficient (Wildman–Crippen LogP) is 4.00. The normalized spacial score (nSPS) is 17.4. The summed E-state index contributed by atoms with van der Waals surface area (Å²) in [4.78, 5) is 12.9. The summed E-state index contributed by atoms with van der Waals surface area (Å²) in [6.45, 7) is 4.11. The van der Waals surface area contributed by atoms with Crippen LogP contribution >= 0.6 is 0 Å². The van der Waals surface area contributed by atoms with Gasteiger partial charge in [0.25, 0.3) is 0 Å². The van der Waals surface area contributed by atoms with E-state index in [1.54, 1.807) is 24.3 Å². The molecule has 0 saturated carbocycles. The van der Waals surface area contributed by atoms with Crippen molar-refractivity contribution >= 4 is 26.8 Å². The maximum Gasteiger partial charge on any atom is 0.175 e. The molecule has 0 amide bonds. The minimum Gasteiger partial charge on any atom is -0.294 e. The van der Waals surface area contributed by atoms with Gasteiger partial charge in [0, 0.05) is 18.2 Å². The number of hydrogen-bond donors (Lipinski definition) is 0. The number of ketones is 1. The molecule has 0 bridgehead atoms. The maximum atomic E-state index is 12.6. The molecule has 1 aliphatic carbocycles. The van der Waals surface area contributed by atoms with E-state index in [9.17, 15) is 13.2 Å². The van der Waals surface area contributed by atoms with Crippen molar-refractivity contribution in [3.63, 3.8) is 0 Å². The molecule has 0 unspecified atom stereocenters. The fraction of sp³-hybridized carbons (Fsp3) is 0.250. The number of carbonyl (C=O) groups excluding carboxylic acids is 1. The Balaban J connectivity index is 2.21. The monoisotopic (exact) mass is 340 g/mol. The van der Waals surface area contributed by atoms with E-state index in [1.807, 2.05) is 30.3 Å². The maximum absolute atomic E-state index is 12.6. The van der Waals surface area contributed by atoms with Crippen molar-refractivity contribution in [2.75, 3.05) is 6.26 Å². The molecule has 2 aromatic carbocycles. The van der Waals surface area contributed by atoms with E-state index in [2.05, 4.69) is 13.8 Å². The van der Waals surface area contributed by atoms with Crippen LogP contribution in [0.4, 0.5) is 0 Å². The molecule has 0 heterocycles. The number of benzene rings is 2. The van der Waals surface area contributed by atoms with Crippen molar-refractivity contribution in [1.29, 1.82) is 0 Å². The van der Waals surface area contributed by atoms with Crippen LogP contribution in [0, 0.1) is 5.41 Å². The van der Waals surface area contributed by atoms with Gasteiger partial charge < -0.3 is 0 Å². The Morgan fingerprint density at radius 2 is 1.46 bits per heavy atom. The first-order chi connectivity index (χ1) is 11.2. The van der Waals surface area contributed by atoms with Gasteiger partial charge in [0.15, 0.2) is 15.6 Å². The fourth-order valence-electron chi connectivity index (χ4n) is 3.37. The Morgan fingerprint density at radius 3 is 2.00 bits per heavy atom. The Kier molecular flexibility index (Phi) is 3.96. The lowest BCUT2D eigenvalue weighted by Gasteiger charge is -2.22. The second-order valence-electron chi connectivity index (χ2n) is 6.90. The van der Waals surface area contributed by atoms with E-state index in [0.717, 1.165) is 22.3 Å². The van der Waals surface area contributed by atoms with Gasteiger partial charge in [-0.2, -0.15) is 0 Å². The Bertz CT molecular complexity index is 919. The van der Waals surface area contributed by atoms with Crippen LogP contribution in [0.1, 0.15) is 31.4 Å². The fourth-order valence-corrected chi connectivity index (χ4v) is 4.00. The zero-order chi connectivity index (χ0) is 17.5. The van der Waals surface area contributed by atoms with Gasteiger partial charge in [-0.15, -0.1) is 0 Å². The van der Waals surface area contributed by atoms with Gasteiger partial charge in [-0.1, -0.05) is 56.3 Å². The number of allylic oxidation sites excluding steroid dienone is 2. The summed E-state index contributed by atoms with van der Waals surface area (Å²) in [5.74, 6) is 0.133. The number of sulfone groups is 1. The summed E-state index contributed by atoms with van der Waals surface area (Å²) < 4.78 is 23.3. The molecule has 0 N–H and O–H groups in total. The minimum absolute atomic E-state index is 0.133. The third-order valence-electron chi connectivity index (χ3n) is 4.44. The highest BCUT2D eigenvalue weighted by Gasteiger charge is 2.39. The van der Waals surface area contributed by atoms with Crippen molar-refractivity contribution in [3.05, 3.63) is 65.7 Å². The van der Waals surface area contributed by atoms with Crippen molar-refractivity contribution in [1.82, 2.24) is 0 Å². The highest BCUT2D eigenvalue weighted by molar-refractivity contribution is 7.90. The van der Waals surface area contributed by atoms with Gasteiger partial charge in [0.1, 0.15) is 0 Å². The van der Waals surface area contributed by atoms with Gasteiger partial charge in [0.05, 0.1) is 4.90 Å². The Morgan fingerprint density at radius 1 is 0.875 bits per heavy atom. The van der Waals surface area contributed by atoms with E-state index in [1.165, 1.54) is 6.26 Å². The second kappa shape index (κ2) is 5.71. The van der Waals surface area contributed by atoms with Crippen molar-refractivity contribution in [2.45, 2.75) is 25.2 Å². The Labute approximate surface area is 142 Å². The molecule has 0 fully saturated rings. The average Bonchev–Trinajstić information content (AvgIpc) is 2.76. The molecule has 3 nitrogen and oxygen atoms in total. The highest BCUT2D eigenvalue weighted by Crippen LogP contribution is 2.49. The first-order valence-corrected chi connectivity index (χ1v) is 9.73. The lowest BCUT2D eigenvalue weighted by molar-refractivity contribution is -0.114. The van der Waals surface area contributed by atoms with Crippen LogP contribution < -0.4 is 0 Å². The topological polar surface area (TPSA) is 51.2 Å². The van der Waals surface area contributed by atoms with Crippen molar-refractivity contribution in [2.24, 2.45) is 5.41 Å². The summed E-state index contributed by atoms with van der Waals surface area (Å²) in [6, 6.07) is 16.5. The summed E-state index contributed by atoms with van der Waals surface area (Å²) in [6.07, 6.45) is 1.65. The van der Waals surface area contributed by atoms with Crippen molar-refractivity contribution in [3.8, 4) is 0 Å². The molecule has 0 aliphatic heterocycles. The predicted molar refractivity (Wildman–Crippen MR) is 96.2 cm³/mol. The lowest BCUT2D eigenvalue weighted by Crippen LogP contribution is -2.10. The molecule has 0 saturated heterocycles. The van der Waals surface area contributed by atoms with Gasteiger partial charge in [0.2, 0.25) is 0 Å². The van der Waals surface area contributed by atoms with E-state index >= 15 is 0 Å². The van der Waals surface area contributed by atoms with Gasteiger partial charge in [-0.25, -0.2) is 8.42 Å².